The molecule has 0 aliphatic heterocycles. The second-order valence-electron chi connectivity index (χ2n) is 10.3. The van der Waals surface area contributed by atoms with Crippen LogP contribution in [0.1, 0.15) is 96.8 Å². The van der Waals surface area contributed by atoms with Crippen LogP contribution in [-0.4, -0.2) is 6.16 Å². The molecule has 0 atom stereocenters. The Morgan fingerprint density at radius 3 is 0.974 bits per heavy atom. The third-order valence-corrected chi connectivity index (χ3v) is 12.0. The number of hydrogen-bond donors (Lipinski definition) is 0. The Hall–Kier alpha value is -0.521. The summed E-state index contributed by atoms with van der Waals surface area (Å²) >= 11 is -0.896. The molecule has 0 spiro atoms. The van der Waals surface area contributed by atoms with E-state index in [0.717, 1.165) is 0 Å². The molecule has 0 radical (unpaired) electrons. The van der Waals surface area contributed by atoms with Crippen LogP contribution in [0.4, 0.5) is 0 Å². The summed E-state index contributed by atoms with van der Waals surface area (Å²) in [5.74, 6) is 0. The van der Waals surface area contributed by atoms with Gasteiger partial charge in [0, 0.05) is 0 Å². The third kappa shape index (κ3) is 13.8. The minimum absolute atomic E-state index is 0.896. The van der Waals surface area contributed by atoms with Crippen molar-refractivity contribution in [3.63, 3.8) is 0 Å². The van der Waals surface area contributed by atoms with Crippen molar-refractivity contribution < 1.29 is 11.2 Å². The van der Waals surface area contributed by atoms with E-state index < -0.39 is 18.4 Å². The van der Waals surface area contributed by atoms with Gasteiger partial charge in [0.15, 0.2) is 0 Å². The molecule has 0 saturated carbocycles. The van der Waals surface area contributed by atoms with Gasteiger partial charge in [0.1, 0.15) is 23.2 Å². The standard InChI is InChI=1S/C34H48P.3ClH.Cu/c1-2-3-4-5-6-7-8-9-10-11-12-13-14-24-31-35(32-25-18-15-19-26-32,33-27-20-16-21-28-33)34-29-22-17-23-30-34;;;;/h15-23,25-30H,2-14,24,31H2,1H3;3*1H;/q+1;;;;+2/p-3. The molecule has 0 aromatic heterocycles. The molecule has 3 aromatic rings. The van der Waals surface area contributed by atoms with Gasteiger partial charge in [-0.05, 0) is 49.2 Å². The SMILES string of the molecule is CCCCCCCCCCCCCCCC[P+](c1ccccc1)(c1ccccc1)c1ccccc1.[Cl][Cu-]([Cl])[Cl]. The first-order chi connectivity index (χ1) is 19.1. The molecule has 0 N–H and O–H groups in total. The van der Waals surface area contributed by atoms with Crippen LogP contribution in [0.2, 0.25) is 0 Å². The molecule has 3 rings (SSSR count). The maximum atomic E-state index is 4.83. The molecule has 0 bridgehead atoms. The summed E-state index contributed by atoms with van der Waals surface area (Å²) in [6.07, 6.45) is 21.0. The van der Waals surface area contributed by atoms with Crippen LogP contribution < -0.4 is 15.9 Å². The van der Waals surface area contributed by atoms with Gasteiger partial charge in [0.2, 0.25) is 0 Å². The zero-order chi connectivity index (χ0) is 28.0. The van der Waals surface area contributed by atoms with Crippen LogP contribution in [0, 0.1) is 0 Å². The molecule has 0 saturated heterocycles. The quantitative estimate of drug-likeness (QED) is 0.0726. The molecule has 0 aliphatic rings. The normalized spacial score (nSPS) is 11.5. The Kier molecular flexibility index (Phi) is 19.7. The van der Waals surface area contributed by atoms with Crippen molar-refractivity contribution in [2.45, 2.75) is 96.8 Å². The van der Waals surface area contributed by atoms with Crippen LogP contribution in [0.3, 0.4) is 0 Å². The molecule has 0 fully saturated rings. The molecule has 221 valence electrons. The van der Waals surface area contributed by atoms with E-state index in [1.165, 1.54) is 112 Å². The Balaban J connectivity index is 0.00000124. The first-order valence-corrected chi connectivity index (χ1v) is 20.6. The fraction of sp³-hybridized carbons (Fsp3) is 0.471. The first-order valence-electron chi connectivity index (χ1n) is 14.8. The molecule has 39 heavy (non-hydrogen) atoms. The number of rotatable bonds is 18. The average Bonchev–Trinajstić information content (AvgIpc) is 2.96. The predicted molar refractivity (Wildman–Crippen MR) is 178 cm³/mol. The van der Waals surface area contributed by atoms with Gasteiger partial charge in [0.25, 0.3) is 0 Å². The van der Waals surface area contributed by atoms with Gasteiger partial charge >= 0.3 is 41.5 Å². The predicted octanol–water partition coefficient (Wildman–Crippen LogP) is 11.5. The third-order valence-electron chi connectivity index (χ3n) is 7.44. The van der Waals surface area contributed by atoms with Crippen molar-refractivity contribution >= 4 is 53.5 Å². The van der Waals surface area contributed by atoms with Gasteiger partial charge in [-0.1, -0.05) is 139 Å². The summed E-state index contributed by atoms with van der Waals surface area (Å²) < 4.78 is 0. The summed E-state index contributed by atoms with van der Waals surface area (Å²) in [6, 6.07) is 34.0. The van der Waals surface area contributed by atoms with Gasteiger partial charge < -0.3 is 0 Å². The molecule has 0 amide bonds. The van der Waals surface area contributed by atoms with Crippen LogP contribution in [0.25, 0.3) is 0 Å². The summed E-state index contributed by atoms with van der Waals surface area (Å²) in [5.41, 5.74) is 0. The first kappa shape index (κ1) is 34.7. The van der Waals surface area contributed by atoms with E-state index in [2.05, 4.69) is 97.9 Å². The zero-order valence-electron chi connectivity index (χ0n) is 23.6. The van der Waals surface area contributed by atoms with Gasteiger partial charge in [-0.2, -0.15) is 0 Å². The summed E-state index contributed by atoms with van der Waals surface area (Å²) in [7, 11) is 12.8. The van der Waals surface area contributed by atoms with Crippen molar-refractivity contribution in [1.82, 2.24) is 0 Å². The van der Waals surface area contributed by atoms with Crippen molar-refractivity contribution in [3.05, 3.63) is 91.0 Å². The molecule has 5 heteroatoms. The van der Waals surface area contributed by atoms with Gasteiger partial charge in [-0.15, -0.1) is 0 Å². The van der Waals surface area contributed by atoms with E-state index in [1.54, 1.807) is 0 Å². The molecular weight excluding hydrogens is 609 g/mol. The van der Waals surface area contributed by atoms with Gasteiger partial charge in [0.05, 0.1) is 6.16 Å². The van der Waals surface area contributed by atoms with Gasteiger partial charge in [-0.25, -0.2) is 0 Å². The van der Waals surface area contributed by atoms with Crippen LogP contribution in [-0.2, 0) is 11.2 Å². The second-order valence-corrected chi connectivity index (χ2v) is 18.5. The Bertz CT molecular complexity index is 855. The van der Waals surface area contributed by atoms with Crippen molar-refractivity contribution in [3.8, 4) is 0 Å². The summed E-state index contributed by atoms with van der Waals surface area (Å²) in [4.78, 5) is 0. The van der Waals surface area contributed by atoms with Crippen molar-refractivity contribution in [1.29, 1.82) is 0 Å². The van der Waals surface area contributed by atoms with E-state index in [9.17, 15) is 0 Å². The van der Waals surface area contributed by atoms with Crippen LogP contribution in [0.5, 0.6) is 0 Å². The molecule has 3 aromatic carbocycles. The van der Waals surface area contributed by atoms with Crippen molar-refractivity contribution in [2.75, 3.05) is 6.16 Å². The second kappa shape index (κ2) is 22.1. The summed E-state index contributed by atoms with van der Waals surface area (Å²) in [5, 5.41) is 4.56. The minimum atomic E-state index is -1.64. The van der Waals surface area contributed by atoms with Crippen LogP contribution >= 0.6 is 37.6 Å². The number of halogens is 3. The van der Waals surface area contributed by atoms with E-state index in [-0.39, 0.29) is 0 Å². The monoisotopic (exact) mass is 655 g/mol. The number of benzene rings is 3. The van der Waals surface area contributed by atoms with Crippen LogP contribution in [0.15, 0.2) is 91.0 Å². The van der Waals surface area contributed by atoms with E-state index in [1.807, 2.05) is 0 Å². The number of unbranched alkanes of at least 4 members (excludes halogenated alkanes) is 13. The molecule has 0 heterocycles. The fourth-order valence-electron chi connectivity index (χ4n) is 5.43. The molecule has 0 unspecified atom stereocenters. The number of hydrogen-bond acceptors (Lipinski definition) is 0. The fourth-order valence-corrected chi connectivity index (χ4v) is 9.84. The van der Waals surface area contributed by atoms with E-state index in [0.29, 0.717) is 0 Å². The topological polar surface area (TPSA) is 0 Å². The summed E-state index contributed by atoms with van der Waals surface area (Å²) in [6.45, 7) is 2.30. The van der Waals surface area contributed by atoms with E-state index in [4.69, 9.17) is 30.3 Å². The zero-order valence-corrected chi connectivity index (χ0v) is 27.8. The Morgan fingerprint density at radius 1 is 0.436 bits per heavy atom. The van der Waals surface area contributed by atoms with Crippen molar-refractivity contribution in [2.24, 2.45) is 0 Å². The molecule has 0 nitrogen and oxygen atoms in total. The maximum absolute atomic E-state index is 4.83. The molecule has 0 aliphatic carbocycles. The van der Waals surface area contributed by atoms with Gasteiger partial charge in [-0.3, -0.25) is 0 Å². The van der Waals surface area contributed by atoms with E-state index >= 15 is 0 Å². The molecular formula is C34H48Cl3CuP. The Morgan fingerprint density at radius 2 is 0.692 bits per heavy atom. The average molecular weight is 658 g/mol. The Labute approximate surface area is 257 Å².